The fraction of sp³-hybridized carbons (Fsp3) is 0.353. The molecule has 0 aliphatic carbocycles. The SMILES string of the molecule is CS(=O)(=O)N1CCCC(c2ccc(-c3ccccc3F)cn2)C1. The number of rotatable bonds is 3. The highest BCUT2D eigenvalue weighted by Gasteiger charge is 2.27. The number of halogens is 1. The van der Waals surface area contributed by atoms with Gasteiger partial charge in [-0.05, 0) is 25.0 Å². The van der Waals surface area contributed by atoms with Crippen LogP contribution in [0.3, 0.4) is 0 Å². The molecular formula is C17H19FN2O2S. The summed E-state index contributed by atoms with van der Waals surface area (Å²) in [4.78, 5) is 4.45. The van der Waals surface area contributed by atoms with Gasteiger partial charge in [0, 0.05) is 42.0 Å². The molecule has 1 aliphatic rings. The predicted molar refractivity (Wildman–Crippen MR) is 88.0 cm³/mol. The van der Waals surface area contributed by atoms with E-state index in [1.807, 2.05) is 12.1 Å². The van der Waals surface area contributed by atoms with Crippen molar-refractivity contribution in [3.63, 3.8) is 0 Å². The molecule has 0 spiro atoms. The molecule has 1 aromatic carbocycles. The van der Waals surface area contributed by atoms with Crippen LogP contribution in [-0.2, 0) is 10.0 Å². The Bertz CT molecular complexity index is 790. The van der Waals surface area contributed by atoms with Crippen LogP contribution >= 0.6 is 0 Å². The zero-order chi connectivity index (χ0) is 16.4. The van der Waals surface area contributed by atoms with Crippen LogP contribution in [0.4, 0.5) is 4.39 Å². The Morgan fingerprint density at radius 1 is 1.22 bits per heavy atom. The summed E-state index contributed by atoms with van der Waals surface area (Å²) < 4.78 is 38.7. The van der Waals surface area contributed by atoms with E-state index in [-0.39, 0.29) is 11.7 Å². The van der Waals surface area contributed by atoms with Crippen molar-refractivity contribution in [1.29, 1.82) is 0 Å². The molecule has 0 amide bonds. The summed E-state index contributed by atoms with van der Waals surface area (Å²) in [6.45, 7) is 1.04. The monoisotopic (exact) mass is 334 g/mol. The van der Waals surface area contributed by atoms with Gasteiger partial charge in [-0.25, -0.2) is 17.1 Å². The highest BCUT2D eigenvalue weighted by Crippen LogP contribution is 2.28. The van der Waals surface area contributed by atoms with Crippen LogP contribution in [0.5, 0.6) is 0 Å². The number of nitrogens with zero attached hydrogens (tertiary/aromatic N) is 2. The molecule has 1 atom stereocenters. The molecule has 1 aliphatic heterocycles. The second-order valence-electron chi connectivity index (χ2n) is 5.91. The van der Waals surface area contributed by atoms with Gasteiger partial charge in [0.25, 0.3) is 0 Å². The maximum absolute atomic E-state index is 13.8. The molecule has 0 saturated carbocycles. The number of pyridine rings is 1. The van der Waals surface area contributed by atoms with Crippen molar-refractivity contribution in [3.05, 3.63) is 54.1 Å². The van der Waals surface area contributed by atoms with E-state index in [1.54, 1.807) is 24.4 Å². The summed E-state index contributed by atoms with van der Waals surface area (Å²) in [6.07, 6.45) is 4.64. The number of hydrogen-bond acceptors (Lipinski definition) is 3. The Morgan fingerprint density at radius 3 is 2.65 bits per heavy atom. The van der Waals surface area contributed by atoms with Gasteiger partial charge in [0.15, 0.2) is 0 Å². The third-order valence-electron chi connectivity index (χ3n) is 4.24. The smallest absolute Gasteiger partial charge is 0.211 e. The van der Waals surface area contributed by atoms with Crippen molar-refractivity contribution in [3.8, 4) is 11.1 Å². The maximum Gasteiger partial charge on any atom is 0.211 e. The lowest BCUT2D eigenvalue weighted by Gasteiger charge is -2.30. The molecular weight excluding hydrogens is 315 g/mol. The van der Waals surface area contributed by atoms with E-state index in [9.17, 15) is 12.8 Å². The van der Waals surface area contributed by atoms with Gasteiger partial charge in [0.2, 0.25) is 10.0 Å². The maximum atomic E-state index is 13.8. The van der Waals surface area contributed by atoms with Crippen molar-refractivity contribution in [2.75, 3.05) is 19.3 Å². The molecule has 2 aromatic rings. The first-order chi connectivity index (χ1) is 10.9. The molecule has 23 heavy (non-hydrogen) atoms. The molecule has 2 heterocycles. The lowest BCUT2D eigenvalue weighted by Crippen LogP contribution is -2.38. The number of aromatic nitrogens is 1. The van der Waals surface area contributed by atoms with E-state index < -0.39 is 10.0 Å². The van der Waals surface area contributed by atoms with Crippen LogP contribution in [0.2, 0.25) is 0 Å². The number of piperidine rings is 1. The second kappa shape index (κ2) is 6.37. The Kier molecular flexibility index (Phi) is 4.46. The molecule has 0 radical (unpaired) electrons. The first-order valence-corrected chi connectivity index (χ1v) is 9.46. The van der Waals surface area contributed by atoms with Crippen molar-refractivity contribution in [1.82, 2.24) is 9.29 Å². The average molecular weight is 334 g/mol. The summed E-state index contributed by atoms with van der Waals surface area (Å²) in [7, 11) is -3.17. The molecule has 1 saturated heterocycles. The van der Waals surface area contributed by atoms with Gasteiger partial charge in [-0.15, -0.1) is 0 Å². The summed E-state index contributed by atoms with van der Waals surface area (Å²) in [5, 5.41) is 0. The van der Waals surface area contributed by atoms with Gasteiger partial charge in [-0.2, -0.15) is 0 Å². The van der Waals surface area contributed by atoms with Gasteiger partial charge in [-0.1, -0.05) is 24.3 Å². The topological polar surface area (TPSA) is 50.3 Å². The summed E-state index contributed by atoms with van der Waals surface area (Å²) >= 11 is 0. The van der Waals surface area contributed by atoms with E-state index in [1.165, 1.54) is 16.6 Å². The molecule has 122 valence electrons. The molecule has 0 bridgehead atoms. The summed E-state index contributed by atoms with van der Waals surface area (Å²) in [5.74, 6) is -0.184. The zero-order valence-electron chi connectivity index (χ0n) is 12.9. The van der Waals surface area contributed by atoms with Gasteiger partial charge in [0.1, 0.15) is 5.82 Å². The lowest BCUT2D eigenvalue weighted by molar-refractivity contribution is 0.314. The van der Waals surface area contributed by atoms with E-state index >= 15 is 0 Å². The number of hydrogen-bond donors (Lipinski definition) is 0. The molecule has 3 rings (SSSR count). The quantitative estimate of drug-likeness (QED) is 0.867. The largest absolute Gasteiger partial charge is 0.260 e. The number of sulfonamides is 1. The Morgan fingerprint density at radius 2 is 2.00 bits per heavy atom. The Hall–Kier alpha value is -1.79. The third kappa shape index (κ3) is 3.59. The lowest BCUT2D eigenvalue weighted by atomic mass is 9.95. The molecule has 1 unspecified atom stereocenters. The standard InChI is InChI=1S/C17H19FN2O2S/c1-23(21,22)20-10-4-5-14(12-20)17-9-8-13(11-19-17)15-6-2-3-7-16(15)18/h2-3,6-9,11,14H,4-5,10,12H2,1H3. The molecule has 1 fully saturated rings. The van der Waals surface area contributed by atoms with Crippen LogP contribution in [0.1, 0.15) is 24.5 Å². The summed E-state index contributed by atoms with van der Waals surface area (Å²) in [5.41, 5.74) is 2.11. The Balaban J connectivity index is 1.81. The highest BCUT2D eigenvalue weighted by atomic mass is 32.2. The number of benzene rings is 1. The fourth-order valence-corrected chi connectivity index (χ4v) is 3.90. The zero-order valence-corrected chi connectivity index (χ0v) is 13.8. The van der Waals surface area contributed by atoms with Crippen LogP contribution in [-0.4, -0.2) is 37.1 Å². The van der Waals surface area contributed by atoms with Crippen LogP contribution < -0.4 is 0 Å². The molecule has 0 N–H and O–H groups in total. The van der Waals surface area contributed by atoms with Crippen molar-refractivity contribution < 1.29 is 12.8 Å². The minimum absolute atomic E-state index is 0.0909. The average Bonchev–Trinajstić information content (AvgIpc) is 2.55. The molecule has 6 heteroatoms. The molecule has 4 nitrogen and oxygen atoms in total. The summed E-state index contributed by atoms with van der Waals surface area (Å²) in [6, 6.07) is 10.3. The van der Waals surface area contributed by atoms with Crippen molar-refractivity contribution in [2.24, 2.45) is 0 Å². The van der Waals surface area contributed by atoms with Gasteiger partial charge < -0.3 is 0 Å². The van der Waals surface area contributed by atoms with Crippen LogP contribution in [0.25, 0.3) is 11.1 Å². The predicted octanol–water partition coefficient (Wildman–Crippen LogP) is 3.03. The third-order valence-corrected chi connectivity index (χ3v) is 5.51. The van der Waals surface area contributed by atoms with Crippen LogP contribution in [0, 0.1) is 5.82 Å². The minimum atomic E-state index is -3.17. The normalized spacial score (nSPS) is 19.7. The van der Waals surface area contributed by atoms with Gasteiger partial charge in [-0.3, -0.25) is 4.98 Å². The van der Waals surface area contributed by atoms with E-state index in [4.69, 9.17) is 0 Å². The fourth-order valence-electron chi connectivity index (χ4n) is 2.99. The second-order valence-corrected chi connectivity index (χ2v) is 7.89. The highest BCUT2D eigenvalue weighted by molar-refractivity contribution is 7.88. The minimum Gasteiger partial charge on any atom is -0.260 e. The van der Waals surface area contributed by atoms with Gasteiger partial charge in [0.05, 0.1) is 6.26 Å². The first kappa shape index (κ1) is 16.1. The van der Waals surface area contributed by atoms with E-state index in [0.29, 0.717) is 18.7 Å². The van der Waals surface area contributed by atoms with E-state index in [2.05, 4.69) is 4.98 Å². The van der Waals surface area contributed by atoms with Gasteiger partial charge >= 0.3 is 0 Å². The first-order valence-electron chi connectivity index (χ1n) is 7.61. The molecule has 1 aromatic heterocycles. The van der Waals surface area contributed by atoms with Crippen LogP contribution in [0.15, 0.2) is 42.6 Å². The van der Waals surface area contributed by atoms with Crippen molar-refractivity contribution in [2.45, 2.75) is 18.8 Å². The Labute approximate surface area is 136 Å². The van der Waals surface area contributed by atoms with Crippen molar-refractivity contribution >= 4 is 10.0 Å². The van der Waals surface area contributed by atoms with E-state index in [0.717, 1.165) is 24.1 Å².